The molecule has 0 fully saturated rings. The SMILES string of the molecule is CN=C(NCCCNC(=O)c1cccs1)NCC(C)(C)NC(=O)OC(C)(C)C.I. The number of halogens is 1. The Kier molecular flexibility index (Phi) is 12.2. The summed E-state index contributed by atoms with van der Waals surface area (Å²) in [4.78, 5) is 28.7. The maximum absolute atomic E-state index is 11.9. The Balaban J connectivity index is 0.00000784. The zero-order valence-electron chi connectivity index (χ0n) is 18.0. The number of guanidine groups is 1. The van der Waals surface area contributed by atoms with E-state index in [1.54, 1.807) is 13.1 Å². The predicted molar refractivity (Wildman–Crippen MR) is 129 cm³/mol. The minimum Gasteiger partial charge on any atom is -0.444 e. The summed E-state index contributed by atoms with van der Waals surface area (Å²) in [5.41, 5.74) is -1.06. The summed E-state index contributed by atoms with van der Waals surface area (Å²) in [5.74, 6) is 0.580. The quantitative estimate of drug-likeness (QED) is 0.176. The van der Waals surface area contributed by atoms with E-state index in [0.717, 1.165) is 6.42 Å². The summed E-state index contributed by atoms with van der Waals surface area (Å²) in [6.45, 7) is 11.0. The molecule has 0 atom stereocenters. The van der Waals surface area contributed by atoms with Gasteiger partial charge in [0.2, 0.25) is 0 Å². The summed E-state index contributed by atoms with van der Waals surface area (Å²) < 4.78 is 5.29. The lowest BCUT2D eigenvalue weighted by Crippen LogP contribution is -2.54. The van der Waals surface area contributed by atoms with Gasteiger partial charge in [0.05, 0.1) is 10.4 Å². The van der Waals surface area contributed by atoms with E-state index in [-0.39, 0.29) is 29.9 Å². The van der Waals surface area contributed by atoms with E-state index < -0.39 is 17.2 Å². The average Bonchev–Trinajstić information content (AvgIpc) is 3.09. The van der Waals surface area contributed by atoms with Crippen molar-refractivity contribution < 1.29 is 14.3 Å². The van der Waals surface area contributed by atoms with Gasteiger partial charge in [-0.15, -0.1) is 35.3 Å². The Bertz CT molecular complexity index is 657. The minimum absolute atomic E-state index is 0. The largest absolute Gasteiger partial charge is 0.444 e. The van der Waals surface area contributed by atoms with Crippen LogP contribution in [0.2, 0.25) is 0 Å². The van der Waals surface area contributed by atoms with Crippen LogP contribution in [-0.4, -0.2) is 55.8 Å². The van der Waals surface area contributed by atoms with Crippen LogP contribution in [0.3, 0.4) is 0 Å². The van der Waals surface area contributed by atoms with Crippen LogP contribution in [0.4, 0.5) is 4.79 Å². The van der Waals surface area contributed by atoms with Gasteiger partial charge in [-0.1, -0.05) is 6.07 Å². The van der Waals surface area contributed by atoms with Gasteiger partial charge in [0.25, 0.3) is 5.91 Å². The van der Waals surface area contributed by atoms with Crippen LogP contribution in [0.5, 0.6) is 0 Å². The number of hydrogen-bond donors (Lipinski definition) is 4. The number of carbonyl (C=O) groups is 2. The molecule has 0 unspecified atom stereocenters. The first-order valence-corrected chi connectivity index (χ1v) is 10.2. The van der Waals surface area contributed by atoms with Crippen molar-refractivity contribution in [3.05, 3.63) is 22.4 Å². The summed E-state index contributed by atoms with van der Waals surface area (Å²) in [5, 5.41) is 14.0. The van der Waals surface area contributed by atoms with E-state index in [2.05, 4.69) is 26.3 Å². The second kappa shape index (κ2) is 12.9. The number of amides is 2. The van der Waals surface area contributed by atoms with Crippen molar-refractivity contribution in [2.45, 2.75) is 52.2 Å². The Morgan fingerprint density at radius 2 is 1.76 bits per heavy atom. The van der Waals surface area contributed by atoms with Crippen molar-refractivity contribution in [2.24, 2.45) is 4.99 Å². The Labute approximate surface area is 194 Å². The molecule has 10 heteroatoms. The smallest absolute Gasteiger partial charge is 0.408 e. The fourth-order valence-corrected chi connectivity index (χ4v) is 2.78. The number of carbonyl (C=O) groups excluding carboxylic acids is 2. The second-order valence-electron chi connectivity index (χ2n) is 7.95. The van der Waals surface area contributed by atoms with E-state index in [0.29, 0.717) is 30.5 Å². The number of hydrogen-bond acceptors (Lipinski definition) is 5. The molecule has 2 amide bonds. The Morgan fingerprint density at radius 3 is 2.31 bits per heavy atom. The zero-order chi connectivity index (χ0) is 21.2. The van der Waals surface area contributed by atoms with Crippen LogP contribution in [0.1, 0.15) is 50.7 Å². The van der Waals surface area contributed by atoms with Crippen molar-refractivity contribution in [2.75, 3.05) is 26.7 Å². The van der Waals surface area contributed by atoms with Crippen LogP contribution in [0.15, 0.2) is 22.5 Å². The van der Waals surface area contributed by atoms with Gasteiger partial charge in [0.1, 0.15) is 5.60 Å². The fourth-order valence-electron chi connectivity index (χ4n) is 2.14. The molecule has 0 saturated heterocycles. The van der Waals surface area contributed by atoms with Gasteiger partial charge >= 0.3 is 6.09 Å². The van der Waals surface area contributed by atoms with E-state index in [9.17, 15) is 9.59 Å². The molecule has 0 aliphatic rings. The van der Waals surface area contributed by atoms with Crippen LogP contribution in [-0.2, 0) is 4.74 Å². The molecule has 0 aromatic carbocycles. The maximum Gasteiger partial charge on any atom is 0.408 e. The van der Waals surface area contributed by atoms with E-state index in [1.165, 1.54) is 11.3 Å². The zero-order valence-corrected chi connectivity index (χ0v) is 21.2. The topological polar surface area (TPSA) is 104 Å². The first-order chi connectivity index (χ1) is 13.0. The van der Waals surface area contributed by atoms with Crippen LogP contribution in [0.25, 0.3) is 0 Å². The number of aliphatic imine (C=N–C) groups is 1. The van der Waals surface area contributed by atoms with E-state index >= 15 is 0 Å². The molecule has 0 radical (unpaired) electrons. The number of rotatable bonds is 8. The maximum atomic E-state index is 11.9. The predicted octanol–water partition coefficient (Wildman–Crippen LogP) is 2.95. The molecule has 0 aliphatic heterocycles. The molecule has 166 valence electrons. The number of alkyl carbamates (subject to hydrolysis) is 1. The van der Waals surface area contributed by atoms with E-state index in [4.69, 9.17) is 4.74 Å². The normalized spacial score (nSPS) is 11.9. The fraction of sp³-hybridized carbons (Fsp3) is 0.632. The molecule has 0 saturated carbocycles. The third-order valence-corrected chi connectivity index (χ3v) is 4.31. The van der Waals surface area contributed by atoms with Gasteiger partial charge in [-0.2, -0.15) is 0 Å². The molecule has 29 heavy (non-hydrogen) atoms. The highest BCUT2D eigenvalue weighted by atomic mass is 127. The first-order valence-electron chi connectivity index (χ1n) is 9.30. The molecular weight excluding hydrogens is 505 g/mol. The molecule has 1 heterocycles. The summed E-state index contributed by atoms with van der Waals surface area (Å²) in [7, 11) is 1.68. The van der Waals surface area contributed by atoms with Gasteiger partial charge in [-0.3, -0.25) is 9.79 Å². The molecule has 1 aromatic heterocycles. The highest BCUT2D eigenvalue weighted by molar-refractivity contribution is 14.0. The van der Waals surface area contributed by atoms with Gasteiger partial charge < -0.3 is 26.0 Å². The van der Waals surface area contributed by atoms with Gasteiger partial charge in [-0.05, 0) is 52.5 Å². The van der Waals surface area contributed by atoms with Crippen molar-refractivity contribution in [3.63, 3.8) is 0 Å². The molecule has 0 spiro atoms. The molecular formula is C19H34IN5O3S. The van der Waals surface area contributed by atoms with Crippen LogP contribution < -0.4 is 21.3 Å². The molecule has 0 bridgehead atoms. The van der Waals surface area contributed by atoms with Crippen LogP contribution in [0, 0.1) is 0 Å². The lowest BCUT2D eigenvalue weighted by atomic mass is 10.1. The number of nitrogens with zero attached hydrogens (tertiary/aromatic N) is 1. The third kappa shape index (κ3) is 12.6. The van der Waals surface area contributed by atoms with Crippen molar-refractivity contribution in [1.29, 1.82) is 0 Å². The number of thiophene rings is 1. The minimum atomic E-state index is -0.538. The van der Waals surface area contributed by atoms with Crippen molar-refractivity contribution in [1.82, 2.24) is 21.3 Å². The van der Waals surface area contributed by atoms with Crippen molar-refractivity contribution >= 4 is 53.3 Å². The standard InChI is InChI=1S/C19H33N5O3S.HI/c1-18(2,3)27-17(26)24-19(4,5)13-23-16(20-6)22-11-8-10-21-15(25)14-9-7-12-28-14;/h7,9,12H,8,10-11,13H2,1-6H3,(H,21,25)(H,24,26)(H2,20,22,23);1H. The Hall–Kier alpha value is -1.56. The average molecular weight is 539 g/mol. The molecule has 4 N–H and O–H groups in total. The molecule has 8 nitrogen and oxygen atoms in total. The highest BCUT2D eigenvalue weighted by Gasteiger charge is 2.24. The van der Waals surface area contributed by atoms with E-state index in [1.807, 2.05) is 46.1 Å². The lowest BCUT2D eigenvalue weighted by Gasteiger charge is -2.29. The molecule has 1 rings (SSSR count). The van der Waals surface area contributed by atoms with Crippen LogP contribution >= 0.6 is 35.3 Å². The summed E-state index contributed by atoms with van der Waals surface area (Å²) in [6, 6.07) is 3.66. The van der Waals surface area contributed by atoms with Crippen molar-refractivity contribution in [3.8, 4) is 0 Å². The van der Waals surface area contributed by atoms with Gasteiger partial charge in [-0.25, -0.2) is 4.79 Å². The second-order valence-corrected chi connectivity index (χ2v) is 8.90. The first kappa shape index (κ1) is 27.4. The lowest BCUT2D eigenvalue weighted by molar-refractivity contribution is 0.0473. The summed E-state index contributed by atoms with van der Waals surface area (Å²) in [6.07, 6.45) is 0.306. The van der Waals surface area contributed by atoms with Gasteiger partial charge in [0, 0.05) is 26.7 Å². The molecule has 0 aliphatic carbocycles. The third-order valence-electron chi connectivity index (χ3n) is 3.44. The number of ether oxygens (including phenoxy) is 1. The molecule has 1 aromatic rings. The summed E-state index contributed by atoms with van der Waals surface area (Å²) >= 11 is 1.42. The van der Waals surface area contributed by atoms with Gasteiger partial charge in [0.15, 0.2) is 5.96 Å². The Morgan fingerprint density at radius 1 is 1.10 bits per heavy atom. The highest BCUT2D eigenvalue weighted by Crippen LogP contribution is 2.09. The number of nitrogens with one attached hydrogen (secondary N) is 4. The monoisotopic (exact) mass is 539 g/mol.